The van der Waals surface area contributed by atoms with Crippen LogP contribution in [0.15, 0.2) is 11.2 Å². The zero-order chi connectivity index (χ0) is 17.3. The van der Waals surface area contributed by atoms with Crippen molar-refractivity contribution in [2.75, 3.05) is 32.7 Å². The van der Waals surface area contributed by atoms with Crippen molar-refractivity contribution in [1.82, 2.24) is 24.5 Å². The molecule has 0 aliphatic carbocycles. The first-order chi connectivity index (χ1) is 10.6. The summed E-state index contributed by atoms with van der Waals surface area (Å²) >= 11 is 0. The summed E-state index contributed by atoms with van der Waals surface area (Å²) in [6, 6.07) is -1.86. The third-order valence-corrected chi connectivity index (χ3v) is 5.09. The minimum Gasteiger partial charge on any atom is -0.337 e. The lowest BCUT2D eigenvalue weighted by Gasteiger charge is -2.35. The molecule has 1 fully saturated rings. The number of alkyl halides is 3. The lowest BCUT2D eigenvalue weighted by Crippen LogP contribution is -2.57. The van der Waals surface area contributed by atoms with Gasteiger partial charge in [-0.05, 0) is 6.92 Å². The van der Waals surface area contributed by atoms with Crippen molar-refractivity contribution in [2.24, 2.45) is 7.05 Å². The van der Waals surface area contributed by atoms with E-state index in [4.69, 9.17) is 0 Å². The van der Waals surface area contributed by atoms with Crippen LogP contribution in [-0.2, 0) is 17.1 Å². The van der Waals surface area contributed by atoms with Gasteiger partial charge in [0.15, 0.2) is 5.03 Å². The Morgan fingerprint density at radius 3 is 2.42 bits per heavy atom. The minimum atomic E-state index is -4.51. The van der Waals surface area contributed by atoms with Crippen LogP contribution >= 0.6 is 12.4 Å². The van der Waals surface area contributed by atoms with Crippen molar-refractivity contribution in [3.63, 3.8) is 0 Å². The van der Waals surface area contributed by atoms with Crippen LogP contribution in [-0.4, -0.2) is 67.8 Å². The molecule has 0 spiro atoms. The second kappa shape index (κ2) is 8.00. The molecule has 12 heteroatoms. The summed E-state index contributed by atoms with van der Waals surface area (Å²) in [5, 5.41) is 2.69. The van der Waals surface area contributed by atoms with E-state index in [1.165, 1.54) is 15.7 Å². The summed E-state index contributed by atoms with van der Waals surface area (Å²) in [4.78, 5) is 5.08. The van der Waals surface area contributed by atoms with Gasteiger partial charge in [0.2, 0.25) is 0 Å². The predicted octanol–water partition coefficient (Wildman–Crippen LogP) is 0.265. The lowest BCUT2D eigenvalue weighted by molar-refractivity contribution is -0.182. The number of halogens is 4. The standard InChI is InChI=1S/C12H20F3N5O2S.ClH/c1-9-18-11(8-19(9)2)23(21,22)17-7-10(12(13,14)15)20-5-3-16-4-6-20;/h8,10,16-17H,3-7H2,1-2H3;1H. The van der Waals surface area contributed by atoms with Gasteiger partial charge in [-0.1, -0.05) is 0 Å². The molecule has 0 amide bonds. The van der Waals surface area contributed by atoms with E-state index >= 15 is 0 Å². The fraction of sp³-hybridized carbons (Fsp3) is 0.750. The maximum atomic E-state index is 13.2. The molecule has 24 heavy (non-hydrogen) atoms. The van der Waals surface area contributed by atoms with Crippen LogP contribution in [0.25, 0.3) is 0 Å². The lowest BCUT2D eigenvalue weighted by atomic mass is 10.2. The average Bonchev–Trinajstić information content (AvgIpc) is 2.79. The molecule has 1 aliphatic rings. The first kappa shape index (κ1) is 21.2. The molecule has 0 bridgehead atoms. The number of aryl methyl sites for hydroxylation is 2. The molecule has 2 rings (SSSR count). The first-order valence-corrected chi connectivity index (χ1v) is 8.60. The van der Waals surface area contributed by atoms with Crippen LogP contribution in [0.3, 0.4) is 0 Å². The normalized spacial score (nSPS) is 18.2. The van der Waals surface area contributed by atoms with E-state index in [0.717, 1.165) is 0 Å². The quantitative estimate of drug-likeness (QED) is 0.753. The van der Waals surface area contributed by atoms with Gasteiger partial charge in [-0.3, -0.25) is 4.90 Å². The Kier molecular flexibility index (Phi) is 7.05. The minimum absolute atomic E-state index is 0. The molecule has 1 aromatic heterocycles. The summed E-state index contributed by atoms with van der Waals surface area (Å²) in [7, 11) is -2.47. The predicted molar refractivity (Wildman–Crippen MR) is 84.7 cm³/mol. The molecular weight excluding hydrogens is 371 g/mol. The van der Waals surface area contributed by atoms with Gasteiger partial charge in [0.1, 0.15) is 11.9 Å². The van der Waals surface area contributed by atoms with Gasteiger partial charge in [-0.25, -0.2) is 18.1 Å². The Labute approximate surface area is 145 Å². The molecule has 0 saturated carbocycles. The van der Waals surface area contributed by atoms with Gasteiger partial charge in [-0.15, -0.1) is 12.4 Å². The second-order valence-electron chi connectivity index (χ2n) is 5.43. The van der Waals surface area contributed by atoms with Crippen LogP contribution < -0.4 is 10.0 Å². The average molecular weight is 392 g/mol. The maximum Gasteiger partial charge on any atom is 0.405 e. The zero-order valence-corrected chi connectivity index (χ0v) is 14.9. The number of nitrogens with zero attached hydrogens (tertiary/aromatic N) is 3. The monoisotopic (exact) mass is 391 g/mol. The van der Waals surface area contributed by atoms with Crippen molar-refractivity contribution < 1.29 is 21.6 Å². The molecule has 1 saturated heterocycles. The summed E-state index contributed by atoms with van der Waals surface area (Å²) in [5.74, 6) is 0.458. The third kappa shape index (κ3) is 5.06. The van der Waals surface area contributed by atoms with Crippen molar-refractivity contribution in [3.05, 3.63) is 12.0 Å². The molecule has 1 aromatic rings. The van der Waals surface area contributed by atoms with E-state index in [0.29, 0.717) is 18.9 Å². The fourth-order valence-corrected chi connectivity index (χ4v) is 3.44. The summed E-state index contributed by atoms with van der Waals surface area (Å²) in [5.41, 5.74) is 0. The summed E-state index contributed by atoms with van der Waals surface area (Å²) in [6.07, 6.45) is -3.25. The highest BCUT2D eigenvalue weighted by Gasteiger charge is 2.44. The van der Waals surface area contributed by atoms with Gasteiger partial charge in [-0.2, -0.15) is 13.2 Å². The Bertz CT molecular complexity index is 624. The number of hydrogen-bond donors (Lipinski definition) is 2. The van der Waals surface area contributed by atoms with Gasteiger partial charge in [0, 0.05) is 46.0 Å². The molecule has 1 atom stereocenters. The number of nitrogens with one attached hydrogen (secondary N) is 2. The van der Waals surface area contributed by atoms with Gasteiger partial charge >= 0.3 is 6.18 Å². The highest BCUT2D eigenvalue weighted by atomic mass is 35.5. The Morgan fingerprint density at radius 1 is 1.38 bits per heavy atom. The number of hydrogen-bond acceptors (Lipinski definition) is 5. The summed E-state index contributed by atoms with van der Waals surface area (Å²) < 4.78 is 67.5. The largest absolute Gasteiger partial charge is 0.405 e. The SMILES string of the molecule is Cc1nc(S(=O)(=O)NCC(N2CCNCC2)C(F)(F)F)cn1C.Cl. The van der Waals surface area contributed by atoms with Crippen LogP contribution in [0.1, 0.15) is 5.82 Å². The molecule has 2 N–H and O–H groups in total. The topological polar surface area (TPSA) is 79.3 Å². The molecule has 1 unspecified atom stereocenters. The molecule has 0 aromatic carbocycles. The van der Waals surface area contributed by atoms with E-state index in [1.807, 2.05) is 4.72 Å². The first-order valence-electron chi connectivity index (χ1n) is 7.12. The smallest absolute Gasteiger partial charge is 0.337 e. The van der Waals surface area contributed by atoms with E-state index in [2.05, 4.69) is 10.3 Å². The fourth-order valence-electron chi connectivity index (χ4n) is 2.36. The maximum absolute atomic E-state index is 13.2. The van der Waals surface area contributed by atoms with Crippen molar-refractivity contribution in [1.29, 1.82) is 0 Å². The molecule has 0 radical (unpaired) electrons. The molecule has 7 nitrogen and oxygen atoms in total. The van der Waals surface area contributed by atoms with E-state index in [-0.39, 0.29) is 30.5 Å². The summed E-state index contributed by atoms with van der Waals surface area (Å²) in [6.45, 7) is 2.19. The van der Waals surface area contributed by atoms with Crippen LogP contribution in [0, 0.1) is 6.92 Å². The van der Waals surface area contributed by atoms with Crippen LogP contribution in [0.2, 0.25) is 0 Å². The highest BCUT2D eigenvalue weighted by Crippen LogP contribution is 2.25. The second-order valence-corrected chi connectivity index (χ2v) is 7.15. The van der Waals surface area contributed by atoms with E-state index in [1.54, 1.807) is 14.0 Å². The van der Waals surface area contributed by atoms with Crippen molar-refractivity contribution in [3.8, 4) is 0 Å². The Balaban J connectivity index is 0.00000288. The molecule has 2 heterocycles. The van der Waals surface area contributed by atoms with Gasteiger partial charge in [0.25, 0.3) is 10.0 Å². The van der Waals surface area contributed by atoms with E-state index < -0.39 is 28.8 Å². The number of imidazole rings is 1. The number of aromatic nitrogens is 2. The zero-order valence-electron chi connectivity index (χ0n) is 13.3. The number of rotatable bonds is 5. The number of sulfonamides is 1. The molecular formula is C12H21ClF3N5O2S. The number of piperazine rings is 1. The van der Waals surface area contributed by atoms with Crippen molar-refractivity contribution in [2.45, 2.75) is 24.2 Å². The van der Waals surface area contributed by atoms with Gasteiger partial charge in [0.05, 0.1) is 0 Å². The Morgan fingerprint density at radius 2 is 1.96 bits per heavy atom. The van der Waals surface area contributed by atoms with Crippen molar-refractivity contribution >= 4 is 22.4 Å². The molecule has 140 valence electrons. The van der Waals surface area contributed by atoms with Crippen LogP contribution in [0.5, 0.6) is 0 Å². The van der Waals surface area contributed by atoms with Crippen LogP contribution in [0.4, 0.5) is 13.2 Å². The van der Waals surface area contributed by atoms with E-state index in [9.17, 15) is 21.6 Å². The molecule has 1 aliphatic heterocycles. The Hall–Kier alpha value is -0.880. The van der Waals surface area contributed by atoms with Gasteiger partial charge < -0.3 is 9.88 Å². The third-order valence-electron chi connectivity index (χ3n) is 3.80. The highest BCUT2D eigenvalue weighted by molar-refractivity contribution is 7.89.